The number of aromatic nitrogens is 5. The second-order valence-electron chi connectivity index (χ2n) is 4.74. The van der Waals surface area contributed by atoms with E-state index in [9.17, 15) is 0 Å². The van der Waals surface area contributed by atoms with Crippen LogP contribution in [0.1, 0.15) is 0 Å². The molecule has 22 heavy (non-hydrogen) atoms. The number of aromatic amines is 1. The van der Waals surface area contributed by atoms with Gasteiger partial charge in [0.05, 0.1) is 5.69 Å². The number of hydrogen-bond acceptors (Lipinski definition) is 3. The molecule has 108 valence electrons. The van der Waals surface area contributed by atoms with Gasteiger partial charge in [-0.25, -0.2) is 5.10 Å². The van der Waals surface area contributed by atoms with E-state index >= 15 is 0 Å². The molecule has 2 aromatic heterocycles. The third kappa shape index (κ3) is 2.04. The molecule has 7 heteroatoms. The van der Waals surface area contributed by atoms with Crippen LogP contribution in [0.3, 0.4) is 0 Å². The van der Waals surface area contributed by atoms with Gasteiger partial charge in [0.1, 0.15) is 0 Å². The normalized spacial score (nSPS) is 11.1. The monoisotopic (exact) mass is 327 g/mol. The maximum absolute atomic E-state index is 5.97. The Hall–Kier alpha value is -2.44. The second-order valence-corrected chi connectivity index (χ2v) is 5.57. The highest BCUT2D eigenvalue weighted by Crippen LogP contribution is 2.25. The van der Waals surface area contributed by atoms with Gasteiger partial charge >= 0.3 is 0 Å². The highest BCUT2D eigenvalue weighted by molar-refractivity contribution is 7.71. The molecular formula is C15H10ClN5S. The number of nitrogens with one attached hydrogen (secondary N) is 1. The summed E-state index contributed by atoms with van der Waals surface area (Å²) in [4.78, 5) is 0. The maximum Gasteiger partial charge on any atom is 0.257 e. The van der Waals surface area contributed by atoms with Crippen molar-refractivity contribution in [3.63, 3.8) is 0 Å². The summed E-state index contributed by atoms with van der Waals surface area (Å²) < 4.78 is 4.03. The van der Waals surface area contributed by atoms with Gasteiger partial charge in [0.15, 0.2) is 5.82 Å². The Kier molecular flexibility index (Phi) is 3.06. The number of H-pyrrole nitrogens is 1. The smallest absolute Gasteiger partial charge is 0.257 e. The van der Waals surface area contributed by atoms with Gasteiger partial charge in [0, 0.05) is 10.6 Å². The maximum atomic E-state index is 5.97. The summed E-state index contributed by atoms with van der Waals surface area (Å²) in [5, 5.41) is 12.3. The molecule has 0 saturated carbocycles. The molecule has 0 fully saturated rings. The van der Waals surface area contributed by atoms with Crippen molar-refractivity contribution in [1.29, 1.82) is 0 Å². The third-order valence-electron chi connectivity index (χ3n) is 3.36. The molecule has 2 aromatic carbocycles. The number of fused-ring (bicyclic) bond motifs is 1. The highest BCUT2D eigenvalue weighted by atomic mass is 35.5. The first-order chi connectivity index (χ1) is 10.7. The summed E-state index contributed by atoms with van der Waals surface area (Å²) in [5.41, 5.74) is 1.90. The van der Waals surface area contributed by atoms with Gasteiger partial charge in [-0.1, -0.05) is 29.8 Å². The Balaban J connectivity index is 2.06. The van der Waals surface area contributed by atoms with Crippen molar-refractivity contribution in [1.82, 2.24) is 24.4 Å². The predicted molar refractivity (Wildman–Crippen MR) is 87.9 cm³/mol. The summed E-state index contributed by atoms with van der Waals surface area (Å²) >= 11 is 11.2. The fourth-order valence-electron chi connectivity index (χ4n) is 2.35. The predicted octanol–water partition coefficient (Wildman–Crippen LogP) is 3.90. The number of hydrogen-bond donors (Lipinski definition) is 1. The van der Waals surface area contributed by atoms with Crippen LogP contribution in [0.25, 0.3) is 22.9 Å². The first-order valence-electron chi connectivity index (χ1n) is 6.61. The largest absolute Gasteiger partial charge is 0.260 e. The molecule has 0 radical (unpaired) electrons. The summed E-state index contributed by atoms with van der Waals surface area (Å²) in [7, 11) is 0. The molecule has 0 aliphatic rings. The zero-order chi connectivity index (χ0) is 15.1. The van der Waals surface area contributed by atoms with E-state index in [0.29, 0.717) is 15.6 Å². The molecule has 1 N–H and O–H groups in total. The van der Waals surface area contributed by atoms with Crippen molar-refractivity contribution in [2.24, 2.45) is 0 Å². The van der Waals surface area contributed by atoms with E-state index in [1.54, 1.807) is 4.52 Å². The van der Waals surface area contributed by atoms with E-state index in [2.05, 4.69) is 15.3 Å². The van der Waals surface area contributed by atoms with Crippen LogP contribution >= 0.6 is 23.8 Å². The number of nitrogens with zero attached hydrogens (tertiary/aromatic N) is 4. The molecule has 0 aliphatic heterocycles. The van der Waals surface area contributed by atoms with Gasteiger partial charge in [-0.15, -0.1) is 10.2 Å². The second kappa shape index (κ2) is 5.08. The molecule has 0 spiro atoms. The van der Waals surface area contributed by atoms with Crippen LogP contribution in [0.2, 0.25) is 5.02 Å². The van der Waals surface area contributed by atoms with Crippen molar-refractivity contribution in [3.05, 3.63) is 64.4 Å². The Labute approximate surface area is 135 Å². The van der Waals surface area contributed by atoms with E-state index in [0.717, 1.165) is 17.1 Å². The van der Waals surface area contributed by atoms with Gasteiger partial charge < -0.3 is 0 Å². The molecule has 0 amide bonds. The fraction of sp³-hybridized carbons (Fsp3) is 0. The van der Waals surface area contributed by atoms with Gasteiger partial charge in [-0.2, -0.15) is 4.52 Å². The van der Waals surface area contributed by atoms with Crippen LogP contribution in [-0.2, 0) is 0 Å². The van der Waals surface area contributed by atoms with Crippen molar-refractivity contribution in [3.8, 4) is 17.1 Å². The standard InChI is InChI=1S/C15H10ClN5S/c16-11-8-6-10(7-9-11)13-19-21-14(17-18-15(21)22)20(13)12-4-2-1-3-5-12/h1-9H,(H,18,22). The number of para-hydroxylation sites is 1. The minimum Gasteiger partial charge on any atom is -0.260 e. The van der Waals surface area contributed by atoms with Crippen molar-refractivity contribution < 1.29 is 0 Å². The Morgan fingerprint density at radius 2 is 1.73 bits per heavy atom. The average Bonchev–Trinajstić information content (AvgIpc) is 3.09. The number of rotatable bonds is 2. The lowest BCUT2D eigenvalue weighted by atomic mass is 10.2. The number of halogens is 1. The first kappa shape index (κ1) is 13.2. The lowest BCUT2D eigenvalue weighted by molar-refractivity contribution is 0.935. The van der Waals surface area contributed by atoms with E-state index in [4.69, 9.17) is 23.8 Å². The SMILES string of the molecule is S=c1[nH]nc2n(-c3ccccc3)c(-c3ccc(Cl)cc3)nn12. The Bertz CT molecular complexity index is 998. The van der Waals surface area contributed by atoms with Crippen LogP contribution in [0.4, 0.5) is 0 Å². The summed E-state index contributed by atoms with van der Waals surface area (Å²) in [6.45, 7) is 0. The molecule has 4 rings (SSSR count). The van der Waals surface area contributed by atoms with Gasteiger partial charge in [0.2, 0.25) is 4.77 Å². The summed E-state index contributed by atoms with van der Waals surface area (Å²) in [6, 6.07) is 17.4. The van der Waals surface area contributed by atoms with Crippen LogP contribution in [-0.4, -0.2) is 24.4 Å². The molecule has 5 nitrogen and oxygen atoms in total. The van der Waals surface area contributed by atoms with Crippen molar-refractivity contribution in [2.45, 2.75) is 0 Å². The minimum absolute atomic E-state index is 0.458. The summed E-state index contributed by atoms with van der Waals surface area (Å²) in [5.74, 6) is 1.40. The lowest BCUT2D eigenvalue weighted by Gasteiger charge is -2.06. The van der Waals surface area contributed by atoms with Crippen LogP contribution in [0, 0.1) is 4.77 Å². The Morgan fingerprint density at radius 1 is 1.00 bits per heavy atom. The molecule has 0 unspecified atom stereocenters. The van der Waals surface area contributed by atoms with E-state index in [1.165, 1.54) is 0 Å². The van der Waals surface area contributed by atoms with Crippen LogP contribution < -0.4 is 0 Å². The topological polar surface area (TPSA) is 50.9 Å². The molecular weight excluding hydrogens is 318 g/mol. The fourth-order valence-corrected chi connectivity index (χ4v) is 2.65. The van der Waals surface area contributed by atoms with Crippen molar-refractivity contribution in [2.75, 3.05) is 0 Å². The van der Waals surface area contributed by atoms with Crippen LogP contribution in [0.15, 0.2) is 54.6 Å². The molecule has 0 saturated heterocycles. The zero-order valence-electron chi connectivity index (χ0n) is 11.3. The van der Waals surface area contributed by atoms with Gasteiger partial charge in [0.25, 0.3) is 5.78 Å². The Morgan fingerprint density at radius 3 is 2.45 bits per heavy atom. The number of benzene rings is 2. The van der Waals surface area contributed by atoms with E-state index in [1.807, 2.05) is 59.2 Å². The minimum atomic E-state index is 0.458. The average molecular weight is 328 g/mol. The third-order valence-corrected chi connectivity index (χ3v) is 3.87. The van der Waals surface area contributed by atoms with E-state index in [-0.39, 0.29) is 0 Å². The van der Waals surface area contributed by atoms with Gasteiger partial charge in [-0.3, -0.25) is 4.57 Å². The zero-order valence-corrected chi connectivity index (χ0v) is 12.8. The summed E-state index contributed by atoms with van der Waals surface area (Å²) in [6.07, 6.45) is 0. The quantitative estimate of drug-likeness (QED) is 0.568. The molecule has 0 aliphatic carbocycles. The lowest BCUT2D eigenvalue weighted by Crippen LogP contribution is -1.98. The molecule has 4 aromatic rings. The van der Waals surface area contributed by atoms with Crippen molar-refractivity contribution >= 4 is 29.6 Å². The van der Waals surface area contributed by atoms with Gasteiger partial charge in [-0.05, 0) is 48.6 Å². The van der Waals surface area contributed by atoms with E-state index < -0.39 is 0 Å². The molecule has 0 bridgehead atoms. The van der Waals surface area contributed by atoms with Crippen LogP contribution in [0.5, 0.6) is 0 Å². The molecule has 0 atom stereocenters. The first-order valence-corrected chi connectivity index (χ1v) is 7.40. The highest BCUT2D eigenvalue weighted by Gasteiger charge is 2.16. The molecule has 2 heterocycles.